The van der Waals surface area contributed by atoms with Gasteiger partial charge in [0, 0.05) is 21.4 Å². The van der Waals surface area contributed by atoms with E-state index >= 15 is 0 Å². The molecule has 0 amide bonds. The first kappa shape index (κ1) is 9.44. The zero-order chi connectivity index (χ0) is 7.71. The van der Waals surface area contributed by atoms with E-state index in [-0.39, 0.29) is 0 Å². The van der Waals surface area contributed by atoms with E-state index in [0.29, 0.717) is 0 Å². The molecule has 0 atom stereocenters. The molecule has 56 valence electrons. The van der Waals surface area contributed by atoms with Crippen LogP contribution in [0.25, 0.3) is 0 Å². The number of hydrogen-bond acceptors (Lipinski definition) is 4. The van der Waals surface area contributed by atoms with Crippen molar-refractivity contribution in [3.63, 3.8) is 0 Å². The Morgan fingerprint density at radius 3 is 1.11 bits per heavy atom. The molecule has 0 unspecified atom stereocenters. The highest BCUT2D eigenvalue weighted by Crippen LogP contribution is 1.97. The zero-order valence-corrected chi connectivity index (χ0v) is 6.85. The summed E-state index contributed by atoms with van der Waals surface area (Å²) in [5.74, 6) is 0. The van der Waals surface area contributed by atoms with E-state index in [1.165, 1.54) is 0 Å². The summed E-state index contributed by atoms with van der Waals surface area (Å²) in [5.41, 5.74) is 0. The Kier molecular flexibility index (Phi) is 2.71. The Bertz CT molecular complexity index is 242. The Labute approximate surface area is 61.1 Å². The molecule has 0 fully saturated rings. The minimum Gasteiger partial charge on any atom is -0.194 e. The van der Waals surface area contributed by atoms with Gasteiger partial charge in [-0.05, 0) is 0 Å². The lowest BCUT2D eigenvalue weighted by Gasteiger charge is -1.89. The van der Waals surface area contributed by atoms with Gasteiger partial charge in [-0.15, -0.1) is 0 Å². The lowest BCUT2D eigenvalue weighted by Crippen LogP contribution is -2.21. The van der Waals surface area contributed by atoms with Gasteiger partial charge in [0.1, 0.15) is 0 Å². The monoisotopic (exact) mass is 213 g/mol. The average molecular weight is 214 g/mol. The highest BCUT2D eigenvalue weighted by molar-refractivity contribution is 8.25. The van der Waals surface area contributed by atoms with Crippen molar-refractivity contribution in [2.45, 2.75) is 0 Å². The predicted molar refractivity (Wildman–Crippen MR) is 32.7 cm³/mol. The highest BCUT2D eigenvalue weighted by Gasteiger charge is 2.13. The Hall–Kier alpha value is 0.440. The van der Waals surface area contributed by atoms with Gasteiger partial charge < -0.3 is 0 Å². The molecule has 5 nitrogen and oxygen atoms in total. The number of hydrogen-bond donors (Lipinski definition) is 1. The van der Waals surface area contributed by atoms with Gasteiger partial charge in [0.25, 0.3) is 0 Å². The van der Waals surface area contributed by atoms with Crippen LogP contribution < -0.4 is 4.13 Å². The molecule has 0 heterocycles. The Morgan fingerprint density at radius 2 is 1.11 bits per heavy atom. The van der Waals surface area contributed by atoms with Crippen LogP contribution in [-0.2, 0) is 18.5 Å². The summed E-state index contributed by atoms with van der Waals surface area (Å²) in [6.45, 7) is 0. The summed E-state index contributed by atoms with van der Waals surface area (Å²) in [6.07, 6.45) is 0. The smallest absolute Gasteiger partial charge is 0.194 e. The van der Waals surface area contributed by atoms with E-state index < -0.39 is 18.5 Å². The molecule has 1 N–H and O–H groups in total. The van der Waals surface area contributed by atoms with Gasteiger partial charge in [-0.3, -0.25) is 0 Å². The first-order valence-electron chi connectivity index (χ1n) is 1.38. The second-order valence-corrected chi connectivity index (χ2v) is 5.81. The molecule has 0 aliphatic heterocycles. The van der Waals surface area contributed by atoms with Crippen LogP contribution in [0.4, 0.5) is 0 Å². The third-order valence-electron chi connectivity index (χ3n) is 0.199. The molecule has 0 saturated carbocycles. The lowest BCUT2D eigenvalue weighted by atomic mass is 13.9. The normalized spacial score (nSPS) is 13.6. The van der Waals surface area contributed by atoms with Crippen molar-refractivity contribution in [3.05, 3.63) is 0 Å². The van der Waals surface area contributed by atoms with Crippen molar-refractivity contribution < 1.29 is 16.8 Å². The van der Waals surface area contributed by atoms with Crippen LogP contribution in [0.15, 0.2) is 0 Å². The van der Waals surface area contributed by atoms with Gasteiger partial charge >= 0.3 is 18.5 Å². The third-order valence-corrected chi connectivity index (χ3v) is 2.93. The van der Waals surface area contributed by atoms with Gasteiger partial charge in [0.2, 0.25) is 0 Å². The standard InChI is InChI=1S/Cl2HNO4S2/c1-8(4,5)3-9(2,6)7/h3H. The molecule has 0 aliphatic carbocycles. The molecule has 0 aromatic heterocycles. The predicted octanol–water partition coefficient (Wildman–Crippen LogP) is -0.457. The Morgan fingerprint density at radius 1 is 0.889 bits per heavy atom. The van der Waals surface area contributed by atoms with Crippen molar-refractivity contribution in [1.29, 1.82) is 0 Å². The maximum atomic E-state index is 9.84. The molecule has 0 rings (SSSR count). The van der Waals surface area contributed by atoms with E-state index in [1.807, 2.05) is 0 Å². The van der Waals surface area contributed by atoms with E-state index in [1.54, 1.807) is 0 Å². The average Bonchev–Trinajstić information content (AvgIpc) is 1.14. The van der Waals surface area contributed by atoms with Gasteiger partial charge in [-0.2, -0.15) is 16.8 Å². The van der Waals surface area contributed by atoms with Crippen LogP contribution >= 0.6 is 21.4 Å². The summed E-state index contributed by atoms with van der Waals surface area (Å²) >= 11 is 0. The molecular weight excluding hydrogens is 213 g/mol. The molecule has 0 aromatic carbocycles. The Balaban J connectivity index is 4.46. The second-order valence-electron chi connectivity index (χ2n) is 0.959. The van der Waals surface area contributed by atoms with Gasteiger partial charge in [0.15, 0.2) is 0 Å². The van der Waals surface area contributed by atoms with E-state index in [2.05, 4.69) is 21.4 Å². The van der Waals surface area contributed by atoms with Crippen LogP contribution in [0, 0.1) is 0 Å². The fraction of sp³-hybridized carbons (Fsp3) is 0. The minimum atomic E-state index is -4.28. The topological polar surface area (TPSA) is 80.3 Å². The van der Waals surface area contributed by atoms with Crippen molar-refractivity contribution >= 4 is 39.8 Å². The van der Waals surface area contributed by atoms with Crippen molar-refractivity contribution in [2.75, 3.05) is 0 Å². The van der Waals surface area contributed by atoms with Crippen LogP contribution in [0.3, 0.4) is 0 Å². The SMILES string of the molecule is O=S(=O)(Cl)NS(=O)(=O)Cl. The highest BCUT2D eigenvalue weighted by atomic mass is 35.7. The van der Waals surface area contributed by atoms with E-state index in [0.717, 1.165) is 4.13 Å². The quantitative estimate of drug-likeness (QED) is 0.631. The van der Waals surface area contributed by atoms with Gasteiger partial charge in [-0.1, -0.05) is 4.13 Å². The molecule has 0 spiro atoms. The molecule has 0 saturated heterocycles. The summed E-state index contributed by atoms with van der Waals surface area (Å²) in [4.78, 5) is 0. The van der Waals surface area contributed by atoms with Crippen LogP contribution in [-0.4, -0.2) is 16.8 Å². The lowest BCUT2D eigenvalue weighted by molar-refractivity contribution is 0.593. The first-order chi connectivity index (χ1) is 3.71. The summed E-state index contributed by atoms with van der Waals surface area (Å²) in [6, 6.07) is 0. The maximum Gasteiger partial charge on any atom is 0.311 e. The maximum absolute atomic E-state index is 9.84. The molecule has 9 heteroatoms. The first-order valence-corrected chi connectivity index (χ1v) is 6.00. The number of rotatable bonds is 2. The van der Waals surface area contributed by atoms with Crippen LogP contribution in [0.2, 0.25) is 0 Å². The summed E-state index contributed by atoms with van der Waals surface area (Å²) < 4.78 is 40.3. The molecular formula is HCl2NO4S2. The van der Waals surface area contributed by atoms with Crippen molar-refractivity contribution in [3.8, 4) is 0 Å². The minimum absolute atomic E-state index is 0.934. The number of nitrogens with one attached hydrogen (secondary N) is 1. The fourth-order valence-corrected chi connectivity index (χ4v) is 2.85. The zero-order valence-electron chi connectivity index (χ0n) is 3.71. The molecule has 0 aromatic rings. The van der Waals surface area contributed by atoms with E-state index in [4.69, 9.17) is 0 Å². The molecule has 0 bridgehead atoms. The summed E-state index contributed by atoms with van der Waals surface area (Å²) in [7, 11) is 0.272. The van der Waals surface area contributed by atoms with E-state index in [9.17, 15) is 16.8 Å². The van der Waals surface area contributed by atoms with Crippen LogP contribution in [0.5, 0.6) is 0 Å². The fourth-order valence-electron chi connectivity index (χ4n) is 0.119. The van der Waals surface area contributed by atoms with Crippen molar-refractivity contribution in [2.24, 2.45) is 0 Å². The molecule has 0 radical (unpaired) electrons. The van der Waals surface area contributed by atoms with Gasteiger partial charge in [0.05, 0.1) is 0 Å². The van der Waals surface area contributed by atoms with Crippen molar-refractivity contribution in [1.82, 2.24) is 4.13 Å². The second kappa shape index (κ2) is 2.59. The molecule has 9 heavy (non-hydrogen) atoms. The van der Waals surface area contributed by atoms with Gasteiger partial charge in [-0.25, -0.2) is 0 Å². The van der Waals surface area contributed by atoms with Crippen LogP contribution in [0.1, 0.15) is 0 Å². The summed E-state index contributed by atoms with van der Waals surface area (Å²) in [5, 5.41) is 0. The number of halogens is 2. The molecule has 0 aliphatic rings. The third kappa shape index (κ3) is 8.44. The largest absolute Gasteiger partial charge is 0.311 e.